The van der Waals surface area contributed by atoms with E-state index in [-0.39, 0.29) is 5.41 Å². The molecule has 0 amide bonds. The number of nitrogens with one attached hydrogen (secondary N) is 1. The zero-order valence-electron chi connectivity index (χ0n) is 16.5. The van der Waals surface area contributed by atoms with Crippen LogP contribution in [0.3, 0.4) is 0 Å². The molecule has 1 nitrogen and oxygen atoms in total. The minimum Gasteiger partial charge on any atom is -0.313 e. The molecule has 4 aromatic rings. The van der Waals surface area contributed by atoms with Crippen molar-refractivity contribution >= 4 is 21.5 Å². The van der Waals surface area contributed by atoms with Crippen LogP contribution in [0.15, 0.2) is 84.9 Å². The number of hydrogen-bond acceptors (Lipinski definition) is 1. The Morgan fingerprint density at radius 2 is 1.29 bits per heavy atom. The van der Waals surface area contributed by atoms with E-state index in [0.717, 1.165) is 13.0 Å². The monoisotopic (exact) mass is 365 g/mol. The van der Waals surface area contributed by atoms with E-state index in [1.165, 1.54) is 45.5 Å². The quantitative estimate of drug-likeness (QED) is 0.439. The van der Waals surface area contributed by atoms with E-state index in [1.807, 2.05) is 0 Å². The molecule has 1 N–H and O–H groups in total. The maximum atomic E-state index is 3.84. The van der Waals surface area contributed by atoms with Crippen molar-refractivity contribution in [1.82, 2.24) is 5.32 Å². The predicted octanol–water partition coefficient (Wildman–Crippen LogP) is 6.44. The van der Waals surface area contributed by atoms with Crippen molar-refractivity contribution in [2.75, 3.05) is 6.54 Å². The fourth-order valence-corrected chi connectivity index (χ4v) is 5.26. The Balaban J connectivity index is 1.75. The van der Waals surface area contributed by atoms with Gasteiger partial charge in [-0.05, 0) is 58.5 Å². The van der Waals surface area contributed by atoms with E-state index in [2.05, 4.69) is 97.2 Å². The Hall–Kier alpha value is -2.64. The summed E-state index contributed by atoms with van der Waals surface area (Å²) < 4.78 is 0. The molecule has 1 aliphatic rings. The third-order valence-electron chi connectivity index (χ3n) is 6.74. The summed E-state index contributed by atoms with van der Waals surface area (Å²) in [6, 6.07) is 32.1. The second kappa shape index (κ2) is 7.07. The van der Waals surface area contributed by atoms with E-state index >= 15 is 0 Å². The van der Waals surface area contributed by atoms with Gasteiger partial charge < -0.3 is 5.32 Å². The highest BCUT2D eigenvalue weighted by molar-refractivity contribution is 5.85. The third kappa shape index (κ3) is 2.73. The molecule has 4 aromatic carbocycles. The number of rotatable bonds is 4. The molecular weight excluding hydrogens is 338 g/mol. The molecular formula is C27H27N. The highest BCUT2D eigenvalue weighted by Crippen LogP contribution is 2.43. The van der Waals surface area contributed by atoms with Crippen molar-refractivity contribution in [3.8, 4) is 0 Å². The Kier molecular flexibility index (Phi) is 4.41. The molecule has 1 aliphatic heterocycles. The predicted molar refractivity (Wildman–Crippen MR) is 120 cm³/mol. The normalized spacial score (nSPS) is 17.4. The summed E-state index contributed by atoms with van der Waals surface area (Å²) in [5.41, 5.74) is 2.86. The first kappa shape index (κ1) is 17.5. The van der Waals surface area contributed by atoms with Crippen LogP contribution in [-0.4, -0.2) is 12.6 Å². The average molecular weight is 366 g/mol. The summed E-state index contributed by atoms with van der Waals surface area (Å²) >= 11 is 0. The first-order valence-electron chi connectivity index (χ1n) is 10.5. The van der Waals surface area contributed by atoms with E-state index in [4.69, 9.17) is 0 Å². The van der Waals surface area contributed by atoms with Gasteiger partial charge in [0.1, 0.15) is 0 Å². The van der Waals surface area contributed by atoms with Gasteiger partial charge in [-0.1, -0.05) is 91.9 Å². The summed E-state index contributed by atoms with van der Waals surface area (Å²) in [7, 11) is 0. The van der Waals surface area contributed by atoms with Crippen molar-refractivity contribution in [1.29, 1.82) is 0 Å². The van der Waals surface area contributed by atoms with Gasteiger partial charge in [-0.15, -0.1) is 0 Å². The Morgan fingerprint density at radius 3 is 1.75 bits per heavy atom. The molecule has 0 bridgehead atoms. The smallest absolute Gasteiger partial charge is 0.0353 e. The van der Waals surface area contributed by atoms with Crippen LogP contribution in [0, 0.1) is 0 Å². The van der Waals surface area contributed by atoms with E-state index in [0.29, 0.717) is 6.04 Å². The van der Waals surface area contributed by atoms with Gasteiger partial charge >= 0.3 is 0 Å². The minimum atomic E-state index is -0.00936. The molecule has 0 aliphatic carbocycles. The Labute approximate surface area is 167 Å². The van der Waals surface area contributed by atoms with Crippen LogP contribution in [0.4, 0.5) is 0 Å². The SMILES string of the molecule is CCC(c1ccc2ccccc2c1)(c1ccc2ccccc2c1)C1CCCN1. The second-order valence-corrected chi connectivity index (χ2v) is 8.10. The van der Waals surface area contributed by atoms with Gasteiger partial charge in [-0.3, -0.25) is 0 Å². The minimum absolute atomic E-state index is 0.00936. The average Bonchev–Trinajstić information content (AvgIpc) is 3.30. The van der Waals surface area contributed by atoms with Crippen LogP contribution in [0.5, 0.6) is 0 Å². The number of hydrogen-bond donors (Lipinski definition) is 1. The van der Waals surface area contributed by atoms with E-state index < -0.39 is 0 Å². The lowest BCUT2D eigenvalue weighted by Crippen LogP contribution is -2.45. The molecule has 1 atom stereocenters. The topological polar surface area (TPSA) is 12.0 Å². The number of benzene rings is 4. The lowest BCUT2D eigenvalue weighted by molar-refractivity contribution is 0.364. The zero-order valence-corrected chi connectivity index (χ0v) is 16.5. The molecule has 1 saturated heterocycles. The van der Waals surface area contributed by atoms with Gasteiger partial charge in [0.05, 0.1) is 0 Å². The molecule has 5 rings (SSSR count). The summed E-state index contributed by atoms with van der Waals surface area (Å²) in [6.45, 7) is 3.47. The fourth-order valence-electron chi connectivity index (χ4n) is 5.26. The summed E-state index contributed by atoms with van der Waals surface area (Å²) in [5, 5.41) is 9.13. The summed E-state index contributed by atoms with van der Waals surface area (Å²) in [5.74, 6) is 0. The Bertz CT molecular complexity index is 1040. The van der Waals surface area contributed by atoms with Crippen molar-refractivity contribution in [2.24, 2.45) is 0 Å². The fraction of sp³-hybridized carbons (Fsp3) is 0.259. The van der Waals surface area contributed by atoms with Crippen LogP contribution in [0.25, 0.3) is 21.5 Å². The molecule has 0 radical (unpaired) electrons. The largest absolute Gasteiger partial charge is 0.313 e. The summed E-state index contributed by atoms with van der Waals surface area (Å²) in [6.07, 6.45) is 3.57. The summed E-state index contributed by atoms with van der Waals surface area (Å²) in [4.78, 5) is 0. The lowest BCUT2D eigenvalue weighted by atomic mass is 9.66. The molecule has 0 aromatic heterocycles. The van der Waals surface area contributed by atoms with Gasteiger partial charge in [0.15, 0.2) is 0 Å². The molecule has 1 fully saturated rings. The molecule has 28 heavy (non-hydrogen) atoms. The molecule has 1 heteroatoms. The van der Waals surface area contributed by atoms with Crippen LogP contribution < -0.4 is 5.32 Å². The van der Waals surface area contributed by atoms with E-state index in [9.17, 15) is 0 Å². The van der Waals surface area contributed by atoms with Gasteiger partial charge in [-0.2, -0.15) is 0 Å². The van der Waals surface area contributed by atoms with Crippen molar-refractivity contribution in [2.45, 2.75) is 37.6 Å². The Morgan fingerprint density at radius 1 is 0.750 bits per heavy atom. The molecule has 140 valence electrons. The van der Waals surface area contributed by atoms with Crippen LogP contribution in [-0.2, 0) is 5.41 Å². The standard InChI is InChI=1S/C27H27N/c1-2-27(26-12-7-17-28-26,24-15-13-20-8-3-5-10-22(20)18-24)25-16-14-21-9-4-6-11-23(21)19-25/h3-6,8-11,13-16,18-19,26,28H,2,7,12,17H2,1H3. The molecule has 0 spiro atoms. The molecule has 0 saturated carbocycles. The zero-order chi connectivity index (χ0) is 19.0. The molecule has 1 heterocycles. The lowest BCUT2D eigenvalue weighted by Gasteiger charge is -2.40. The first-order valence-corrected chi connectivity index (χ1v) is 10.5. The van der Waals surface area contributed by atoms with Gasteiger partial charge in [0, 0.05) is 11.5 Å². The number of fused-ring (bicyclic) bond motifs is 2. The van der Waals surface area contributed by atoms with Crippen molar-refractivity contribution < 1.29 is 0 Å². The molecule has 1 unspecified atom stereocenters. The van der Waals surface area contributed by atoms with Gasteiger partial charge in [-0.25, -0.2) is 0 Å². The first-order chi connectivity index (χ1) is 13.8. The van der Waals surface area contributed by atoms with Crippen molar-refractivity contribution in [3.63, 3.8) is 0 Å². The maximum absolute atomic E-state index is 3.84. The van der Waals surface area contributed by atoms with Crippen LogP contribution >= 0.6 is 0 Å². The third-order valence-corrected chi connectivity index (χ3v) is 6.74. The van der Waals surface area contributed by atoms with Gasteiger partial charge in [0.25, 0.3) is 0 Å². The van der Waals surface area contributed by atoms with Crippen molar-refractivity contribution in [3.05, 3.63) is 96.1 Å². The van der Waals surface area contributed by atoms with Crippen LogP contribution in [0.1, 0.15) is 37.3 Å². The van der Waals surface area contributed by atoms with Crippen LogP contribution in [0.2, 0.25) is 0 Å². The maximum Gasteiger partial charge on any atom is 0.0353 e. The highest BCUT2D eigenvalue weighted by Gasteiger charge is 2.42. The van der Waals surface area contributed by atoms with Gasteiger partial charge in [0.2, 0.25) is 0 Å². The second-order valence-electron chi connectivity index (χ2n) is 8.10. The van der Waals surface area contributed by atoms with E-state index in [1.54, 1.807) is 0 Å². The highest BCUT2D eigenvalue weighted by atomic mass is 15.0.